The highest BCUT2D eigenvalue weighted by molar-refractivity contribution is 5.94. The smallest absolute Gasteiger partial charge is 0.294 e. The number of anilines is 1. The van der Waals surface area contributed by atoms with Gasteiger partial charge in [0.1, 0.15) is 17.4 Å². The SMILES string of the molecule is COc1c(=O)n([C@H]2CCOC[C@@H]2F)cc2c(NC(C)c3cccc(C(F)F)c3F)nn(C)c(=O)c12. The Morgan fingerprint density at radius 3 is 2.60 bits per heavy atom. The first-order valence-electron chi connectivity index (χ1n) is 10.9. The van der Waals surface area contributed by atoms with Crippen molar-refractivity contribution >= 4 is 16.6 Å². The van der Waals surface area contributed by atoms with Gasteiger partial charge in [0, 0.05) is 25.4 Å². The third-order valence-corrected chi connectivity index (χ3v) is 6.13. The van der Waals surface area contributed by atoms with E-state index in [0.29, 0.717) is 0 Å². The fourth-order valence-corrected chi connectivity index (χ4v) is 4.31. The molecule has 3 atom stereocenters. The van der Waals surface area contributed by atoms with Gasteiger partial charge in [-0.05, 0) is 13.3 Å². The van der Waals surface area contributed by atoms with E-state index >= 15 is 0 Å². The molecule has 35 heavy (non-hydrogen) atoms. The van der Waals surface area contributed by atoms with Crippen LogP contribution >= 0.6 is 0 Å². The number of halogens is 4. The minimum Gasteiger partial charge on any atom is -0.490 e. The predicted molar refractivity (Wildman–Crippen MR) is 121 cm³/mol. The molecule has 0 aliphatic carbocycles. The van der Waals surface area contributed by atoms with Crippen LogP contribution in [0.25, 0.3) is 10.8 Å². The third kappa shape index (κ3) is 4.38. The molecule has 1 aliphatic heterocycles. The van der Waals surface area contributed by atoms with Gasteiger partial charge in [-0.3, -0.25) is 9.59 Å². The maximum absolute atomic E-state index is 14.7. The fraction of sp³-hybridized carbons (Fsp3) is 0.435. The van der Waals surface area contributed by atoms with Crippen molar-refractivity contribution in [2.75, 3.05) is 25.6 Å². The fourth-order valence-electron chi connectivity index (χ4n) is 4.31. The molecule has 0 saturated carbocycles. The Bertz CT molecular complexity index is 1370. The molecular weight excluding hydrogens is 472 g/mol. The summed E-state index contributed by atoms with van der Waals surface area (Å²) in [6, 6.07) is 1.96. The lowest BCUT2D eigenvalue weighted by molar-refractivity contribution is 0.00230. The molecule has 4 rings (SSSR count). The van der Waals surface area contributed by atoms with E-state index in [9.17, 15) is 27.2 Å². The standard InChI is InChI=1S/C23H24F4N4O4/c1-11(12-5-4-6-13(18(12)25)20(26)27)28-21-14-9-31(16-7-8-35-10-15(16)24)23(33)19(34-3)17(14)22(32)30(2)29-21/h4-6,9,11,15-16,20H,7-8,10H2,1-3H3,(H,28,29)/t11?,15-,16-/m0/s1. The number of rotatable bonds is 6. The minimum absolute atomic E-state index is 0.0415. The summed E-state index contributed by atoms with van der Waals surface area (Å²) < 4.78 is 68.3. The maximum Gasteiger partial charge on any atom is 0.294 e. The van der Waals surface area contributed by atoms with E-state index in [-0.39, 0.29) is 47.5 Å². The zero-order valence-electron chi connectivity index (χ0n) is 19.2. The van der Waals surface area contributed by atoms with Crippen LogP contribution in [0.15, 0.2) is 34.0 Å². The van der Waals surface area contributed by atoms with Crippen LogP contribution in [-0.2, 0) is 11.8 Å². The van der Waals surface area contributed by atoms with Crippen molar-refractivity contribution in [3.8, 4) is 5.75 Å². The second kappa shape index (κ2) is 9.68. The number of nitrogens with zero attached hydrogens (tertiary/aromatic N) is 3. The highest BCUT2D eigenvalue weighted by atomic mass is 19.3. The zero-order valence-corrected chi connectivity index (χ0v) is 19.2. The van der Waals surface area contributed by atoms with Gasteiger partial charge in [0.2, 0.25) is 0 Å². The molecule has 1 aromatic carbocycles. The lowest BCUT2D eigenvalue weighted by Gasteiger charge is -2.28. The van der Waals surface area contributed by atoms with Crippen molar-refractivity contribution in [1.82, 2.24) is 14.3 Å². The van der Waals surface area contributed by atoms with Gasteiger partial charge in [0.05, 0.1) is 36.8 Å². The molecule has 8 nitrogen and oxygen atoms in total. The lowest BCUT2D eigenvalue weighted by Crippen LogP contribution is -2.37. The van der Waals surface area contributed by atoms with Crippen LogP contribution < -0.4 is 21.2 Å². The monoisotopic (exact) mass is 496 g/mol. The first-order chi connectivity index (χ1) is 16.6. The van der Waals surface area contributed by atoms with Crippen LogP contribution in [0.5, 0.6) is 5.75 Å². The van der Waals surface area contributed by atoms with E-state index < -0.39 is 47.2 Å². The molecule has 1 aliphatic rings. The number of fused-ring (bicyclic) bond motifs is 1. The highest BCUT2D eigenvalue weighted by Crippen LogP contribution is 2.32. The van der Waals surface area contributed by atoms with Gasteiger partial charge in [0.25, 0.3) is 17.5 Å². The Morgan fingerprint density at radius 2 is 1.94 bits per heavy atom. The number of nitrogens with one attached hydrogen (secondary N) is 1. The molecule has 1 saturated heterocycles. The maximum atomic E-state index is 14.7. The molecule has 2 aromatic heterocycles. The Balaban J connectivity index is 1.89. The molecule has 12 heteroatoms. The van der Waals surface area contributed by atoms with Crippen molar-refractivity contribution in [2.45, 2.75) is 38.0 Å². The minimum atomic E-state index is -2.99. The van der Waals surface area contributed by atoms with E-state index in [1.54, 1.807) is 0 Å². The summed E-state index contributed by atoms with van der Waals surface area (Å²) in [4.78, 5) is 26.0. The molecule has 0 amide bonds. The molecule has 3 aromatic rings. The topological polar surface area (TPSA) is 87.4 Å². The van der Waals surface area contributed by atoms with Crippen molar-refractivity contribution in [3.63, 3.8) is 0 Å². The van der Waals surface area contributed by atoms with Gasteiger partial charge in [-0.15, -0.1) is 0 Å². The van der Waals surface area contributed by atoms with Crippen LogP contribution in [-0.4, -0.2) is 40.8 Å². The predicted octanol–water partition coefficient (Wildman–Crippen LogP) is 3.65. The molecular formula is C23H24F4N4O4. The Hall–Kier alpha value is -3.41. The second-order valence-electron chi connectivity index (χ2n) is 8.30. The first-order valence-corrected chi connectivity index (χ1v) is 10.9. The molecule has 0 radical (unpaired) electrons. The van der Waals surface area contributed by atoms with Gasteiger partial charge in [-0.25, -0.2) is 22.2 Å². The highest BCUT2D eigenvalue weighted by Gasteiger charge is 2.30. The largest absolute Gasteiger partial charge is 0.490 e. The Kier molecular flexibility index (Phi) is 6.84. The van der Waals surface area contributed by atoms with Crippen molar-refractivity contribution in [3.05, 3.63) is 62.0 Å². The summed E-state index contributed by atoms with van der Waals surface area (Å²) >= 11 is 0. The summed E-state index contributed by atoms with van der Waals surface area (Å²) in [5.74, 6) is -1.29. The summed E-state index contributed by atoms with van der Waals surface area (Å²) in [7, 11) is 2.58. The molecule has 3 heterocycles. The van der Waals surface area contributed by atoms with Crippen LogP contribution in [0.4, 0.5) is 23.4 Å². The molecule has 1 N–H and O–H groups in total. The van der Waals surface area contributed by atoms with Crippen LogP contribution in [0.2, 0.25) is 0 Å². The second-order valence-corrected chi connectivity index (χ2v) is 8.30. The number of pyridine rings is 1. The average molecular weight is 496 g/mol. The van der Waals surface area contributed by atoms with Crippen LogP contribution in [0, 0.1) is 5.82 Å². The summed E-state index contributed by atoms with van der Waals surface area (Å²) in [6.45, 7) is 1.60. The molecule has 0 spiro atoms. The number of alkyl halides is 3. The number of benzene rings is 1. The number of aromatic nitrogens is 3. The van der Waals surface area contributed by atoms with Crippen LogP contribution in [0.3, 0.4) is 0 Å². The van der Waals surface area contributed by atoms with E-state index in [1.165, 1.54) is 39.4 Å². The number of methoxy groups -OCH3 is 1. The van der Waals surface area contributed by atoms with Gasteiger partial charge < -0.3 is 19.4 Å². The van der Waals surface area contributed by atoms with E-state index in [0.717, 1.165) is 15.3 Å². The average Bonchev–Trinajstić information content (AvgIpc) is 2.82. The van der Waals surface area contributed by atoms with E-state index in [2.05, 4.69) is 10.4 Å². The number of hydrogen-bond donors (Lipinski definition) is 1. The lowest BCUT2D eigenvalue weighted by atomic mass is 10.0. The van der Waals surface area contributed by atoms with Gasteiger partial charge >= 0.3 is 0 Å². The van der Waals surface area contributed by atoms with Crippen LogP contribution in [0.1, 0.15) is 43.0 Å². The summed E-state index contributed by atoms with van der Waals surface area (Å²) in [5, 5.41) is 7.19. The van der Waals surface area contributed by atoms with Crippen molar-refractivity contribution < 1.29 is 27.0 Å². The third-order valence-electron chi connectivity index (χ3n) is 6.13. The van der Waals surface area contributed by atoms with Gasteiger partial charge in [-0.1, -0.05) is 18.2 Å². The van der Waals surface area contributed by atoms with E-state index in [4.69, 9.17) is 9.47 Å². The number of aryl methyl sites for hydroxylation is 1. The molecule has 188 valence electrons. The number of hydrogen-bond acceptors (Lipinski definition) is 6. The Morgan fingerprint density at radius 1 is 1.23 bits per heavy atom. The molecule has 1 unspecified atom stereocenters. The van der Waals surface area contributed by atoms with E-state index in [1.807, 2.05) is 0 Å². The normalized spacial score (nSPS) is 19.2. The number of ether oxygens (including phenoxy) is 2. The summed E-state index contributed by atoms with van der Waals surface area (Å²) in [5.41, 5.74) is -2.10. The Labute approximate surface area is 197 Å². The quantitative estimate of drug-likeness (QED) is 0.525. The van der Waals surface area contributed by atoms with Crippen molar-refractivity contribution in [1.29, 1.82) is 0 Å². The van der Waals surface area contributed by atoms with Crippen molar-refractivity contribution in [2.24, 2.45) is 7.05 Å². The molecule has 0 bridgehead atoms. The van der Waals surface area contributed by atoms with Gasteiger partial charge in [-0.2, -0.15) is 5.10 Å². The first kappa shape index (κ1) is 24.7. The molecule has 1 fully saturated rings. The zero-order chi connectivity index (χ0) is 25.4. The summed E-state index contributed by atoms with van der Waals surface area (Å²) in [6.07, 6.45) is -2.92. The van der Waals surface area contributed by atoms with Gasteiger partial charge in [0.15, 0.2) is 11.6 Å².